The van der Waals surface area contributed by atoms with Crippen LogP contribution in [0, 0.1) is 19.8 Å². The summed E-state index contributed by atoms with van der Waals surface area (Å²) in [7, 11) is 0. The molecule has 142 valence electrons. The third kappa shape index (κ3) is 5.86. The van der Waals surface area contributed by atoms with Gasteiger partial charge in [0.15, 0.2) is 5.82 Å². The number of nitrogens with zero attached hydrogens (tertiary/aromatic N) is 5. The van der Waals surface area contributed by atoms with E-state index in [-0.39, 0.29) is 5.91 Å². The van der Waals surface area contributed by atoms with E-state index < -0.39 is 0 Å². The molecule has 1 amide bonds. The number of hydrogen-bond acceptors (Lipinski definition) is 5. The molecule has 0 aromatic carbocycles. The Labute approximate surface area is 169 Å². The number of aromatic nitrogens is 4. The molecule has 4 rings (SSSR count). The normalized spacial score (nSPS) is 12.4. The van der Waals surface area contributed by atoms with Crippen LogP contribution >= 0.6 is 11.6 Å². The molecule has 6 nitrogen and oxygen atoms in total. The fourth-order valence-corrected chi connectivity index (χ4v) is 2.58. The van der Waals surface area contributed by atoms with Crippen LogP contribution in [-0.4, -0.2) is 32.4 Å². The van der Waals surface area contributed by atoms with Crippen molar-refractivity contribution in [1.82, 2.24) is 19.9 Å². The van der Waals surface area contributed by atoms with Gasteiger partial charge in [0.1, 0.15) is 5.15 Å². The minimum Gasteiger partial charge on any atom is -0.296 e. The van der Waals surface area contributed by atoms with E-state index in [0.717, 1.165) is 29.8 Å². The number of amides is 1. The predicted molar refractivity (Wildman–Crippen MR) is 111 cm³/mol. The largest absolute Gasteiger partial charge is 0.296 e. The molecule has 0 saturated carbocycles. The first-order valence-electron chi connectivity index (χ1n) is 8.58. The third-order valence-electron chi connectivity index (χ3n) is 3.84. The number of carbonyl (C=O) groups excluding carboxylic acids is 1. The number of halogens is 1. The summed E-state index contributed by atoms with van der Waals surface area (Å²) < 4.78 is 0. The van der Waals surface area contributed by atoms with Crippen molar-refractivity contribution < 1.29 is 4.79 Å². The van der Waals surface area contributed by atoms with Gasteiger partial charge in [-0.25, -0.2) is 9.97 Å². The number of rotatable bonds is 2. The Kier molecular flexibility index (Phi) is 8.07. The van der Waals surface area contributed by atoms with Crippen LogP contribution in [0.25, 0.3) is 11.3 Å². The molecule has 1 saturated heterocycles. The molecule has 0 aliphatic carbocycles. The molecule has 3 aromatic heterocycles. The first-order chi connectivity index (χ1) is 13.6. The maximum Gasteiger partial charge on any atom is 0.228 e. The SMILES string of the molecule is C#C.Cc1ccc(Cl)nc1.O=C1CCCN1c1cnc(-c2ccncc2)cn1. The summed E-state index contributed by atoms with van der Waals surface area (Å²) in [5.74, 6) is 0.760. The minimum atomic E-state index is 0.126. The van der Waals surface area contributed by atoms with Crippen LogP contribution in [0.2, 0.25) is 5.15 Å². The van der Waals surface area contributed by atoms with E-state index in [1.807, 2.05) is 25.1 Å². The zero-order chi connectivity index (χ0) is 20.4. The van der Waals surface area contributed by atoms with Crippen LogP contribution in [0.4, 0.5) is 5.82 Å². The quantitative estimate of drug-likeness (QED) is 0.486. The summed E-state index contributed by atoms with van der Waals surface area (Å²) in [6, 6.07) is 7.46. The van der Waals surface area contributed by atoms with Crippen LogP contribution < -0.4 is 4.90 Å². The molecule has 7 heteroatoms. The standard InChI is InChI=1S/C13H12N4O.C6H6ClN.C2H2/c18-13-2-1-7-17(13)12-9-15-11(8-16-12)10-3-5-14-6-4-10;1-5-2-3-6(7)8-4-5;1-2/h3-6,8-9H,1-2,7H2;2-4H,1H3;1-2H. The molecule has 0 bridgehead atoms. The van der Waals surface area contributed by atoms with Gasteiger partial charge in [-0.3, -0.25) is 19.7 Å². The molecule has 1 aliphatic rings. The van der Waals surface area contributed by atoms with Crippen molar-refractivity contribution in [1.29, 1.82) is 0 Å². The van der Waals surface area contributed by atoms with E-state index in [9.17, 15) is 4.79 Å². The zero-order valence-electron chi connectivity index (χ0n) is 15.5. The van der Waals surface area contributed by atoms with E-state index in [4.69, 9.17) is 11.6 Å². The van der Waals surface area contributed by atoms with Gasteiger partial charge >= 0.3 is 0 Å². The molecule has 0 spiro atoms. The Hall–Kier alpha value is -3.30. The lowest BCUT2D eigenvalue weighted by Gasteiger charge is -2.13. The van der Waals surface area contributed by atoms with Gasteiger partial charge in [0.25, 0.3) is 0 Å². The Bertz CT molecular complexity index is 875. The Morgan fingerprint density at radius 1 is 1.00 bits per heavy atom. The van der Waals surface area contributed by atoms with Crippen LogP contribution in [0.15, 0.2) is 55.2 Å². The fraction of sp³-hybridized carbons (Fsp3) is 0.190. The van der Waals surface area contributed by atoms with Crippen LogP contribution in [-0.2, 0) is 4.79 Å². The van der Waals surface area contributed by atoms with Gasteiger partial charge in [0, 0.05) is 37.1 Å². The topological polar surface area (TPSA) is 71.9 Å². The monoisotopic (exact) mass is 393 g/mol. The Morgan fingerprint density at radius 2 is 1.75 bits per heavy atom. The van der Waals surface area contributed by atoms with Crippen molar-refractivity contribution >= 4 is 23.3 Å². The molecule has 0 atom stereocenters. The Balaban J connectivity index is 0.000000236. The predicted octanol–water partition coefficient (Wildman–Crippen LogP) is 3.96. The molecule has 1 fully saturated rings. The van der Waals surface area contributed by atoms with E-state index in [1.165, 1.54) is 0 Å². The van der Waals surface area contributed by atoms with Crippen molar-refractivity contribution in [3.63, 3.8) is 0 Å². The van der Waals surface area contributed by atoms with Crippen LogP contribution in [0.1, 0.15) is 18.4 Å². The van der Waals surface area contributed by atoms with Crippen LogP contribution in [0.3, 0.4) is 0 Å². The lowest BCUT2D eigenvalue weighted by Crippen LogP contribution is -2.24. The lowest BCUT2D eigenvalue weighted by atomic mass is 10.2. The summed E-state index contributed by atoms with van der Waals surface area (Å²) in [5.41, 5.74) is 2.89. The van der Waals surface area contributed by atoms with Crippen molar-refractivity contribution in [3.8, 4) is 24.1 Å². The van der Waals surface area contributed by atoms with Gasteiger partial charge in [-0.2, -0.15) is 0 Å². The highest BCUT2D eigenvalue weighted by atomic mass is 35.5. The maximum absolute atomic E-state index is 11.6. The van der Waals surface area contributed by atoms with Gasteiger partial charge in [-0.05, 0) is 37.1 Å². The highest BCUT2D eigenvalue weighted by Crippen LogP contribution is 2.20. The minimum absolute atomic E-state index is 0.126. The summed E-state index contributed by atoms with van der Waals surface area (Å²) in [5, 5.41) is 0.551. The van der Waals surface area contributed by atoms with Crippen molar-refractivity contribution in [2.24, 2.45) is 0 Å². The average Bonchev–Trinajstić information content (AvgIpc) is 3.19. The molecular weight excluding hydrogens is 374 g/mol. The highest BCUT2D eigenvalue weighted by Gasteiger charge is 2.22. The summed E-state index contributed by atoms with van der Waals surface area (Å²) in [6.45, 7) is 2.71. The van der Waals surface area contributed by atoms with Gasteiger partial charge < -0.3 is 0 Å². The van der Waals surface area contributed by atoms with Gasteiger partial charge in [0.2, 0.25) is 5.91 Å². The second-order valence-corrected chi connectivity index (χ2v) is 6.19. The molecule has 0 N–H and O–H groups in total. The summed E-state index contributed by atoms with van der Waals surface area (Å²) in [6.07, 6.45) is 18.0. The summed E-state index contributed by atoms with van der Waals surface area (Å²) in [4.78, 5) is 29.7. The number of carbonyl (C=O) groups is 1. The lowest BCUT2D eigenvalue weighted by molar-refractivity contribution is -0.117. The number of aryl methyl sites for hydroxylation is 1. The molecule has 0 unspecified atom stereocenters. The second kappa shape index (κ2) is 10.8. The van der Waals surface area contributed by atoms with Crippen molar-refractivity contribution in [2.45, 2.75) is 19.8 Å². The van der Waals surface area contributed by atoms with Gasteiger partial charge in [0.05, 0.1) is 18.1 Å². The molecule has 28 heavy (non-hydrogen) atoms. The number of terminal acetylenes is 1. The van der Waals surface area contributed by atoms with Gasteiger partial charge in [-0.1, -0.05) is 17.7 Å². The Morgan fingerprint density at radius 3 is 2.25 bits per heavy atom. The van der Waals surface area contributed by atoms with Crippen molar-refractivity contribution in [2.75, 3.05) is 11.4 Å². The highest BCUT2D eigenvalue weighted by molar-refractivity contribution is 6.29. The van der Waals surface area contributed by atoms with E-state index >= 15 is 0 Å². The van der Waals surface area contributed by atoms with E-state index in [1.54, 1.807) is 42.0 Å². The smallest absolute Gasteiger partial charge is 0.228 e. The zero-order valence-corrected chi connectivity index (χ0v) is 16.3. The van der Waals surface area contributed by atoms with E-state index in [0.29, 0.717) is 17.4 Å². The molecule has 0 radical (unpaired) electrons. The van der Waals surface area contributed by atoms with Crippen LogP contribution in [0.5, 0.6) is 0 Å². The molecule has 4 heterocycles. The second-order valence-electron chi connectivity index (χ2n) is 5.80. The average molecular weight is 394 g/mol. The first-order valence-corrected chi connectivity index (χ1v) is 8.95. The molecule has 1 aliphatic heterocycles. The van der Waals surface area contributed by atoms with Gasteiger partial charge in [-0.15, -0.1) is 12.8 Å². The summed E-state index contributed by atoms with van der Waals surface area (Å²) >= 11 is 5.50. The first kappa shape index (κ1) is 21.0. The molecule has 3 aromatic rings. The molecular formula is C21H20ClN5O. The number of anilines is 1. The third-order valence-corrected chi connectivity index (χ3v) is 4.06. The van der Waals surface area contributed by atoms with E-state index in [2.05, 4.69) is 32.8 Å². The number of hydrogen-bond donors (Lipinski definition) is 0. The van der Waals surface area contributed by atoms with Crippen molar-refractivity contribution in [3.05, 3.63) is 66.0 Å². The fourth-order valence-electron chi connectivity index (χ4n) is 2.47. The maximum atomic E-state index is 11.6. The number of pyridine rings is 2.